The first-order valence-electron chi connectivity index (χ1n) is 13.6. The molecule has 2 heterocycles. The van der Waals surface area contributed by atoms with Crippen molar-refractivity contribution in [1.29, 1.82) is 0 Å². The van der Waals surface area contributed by atoms with Gasteiger partial charge in [0.15, 0.2) is 0 Å². The number of aryl methyl sites for hydroxylation is 1. The molecule has 5 heteroatoms. The van der Waals surface area contributed by atoms with Crippen LogP contribution in [0.1, 0.15) is 79.0 Å². The molecule has 0 radical (unpaired) electrons. The lowest BCUT2D eigenvalue weighted by Gasteiger charge is -2.35. The van der Waals surface area contributed by atoms with Gasteiger partial charge in [0.2, 0.25) is 0 Å². The number of fused-ring (bicyclic) bond motifs is 1. The summed E-state index contributed by atoms with van der Waals surface area (Å²) < 4.78 is 11.4. The van der Waals surface area contributed by atoms with Gasteiger partial charge in [-0.3, -0.25) is 9.69 Å². The van der Waals surface area contributed by atoms with Crippen LogP contribution in [0.5, 0.6) is 5.75 Å². The zero-order valence-electron chi connectivity index (χ0n) is 21.3. The van der Waals surface area contributed by atoms with E-state index < -0.39 is 0 Å². The molecule has 1 N–H and O–H groups in total. The van der Waals surface area contributed by atoms with Crippen LogP contribution in [0.3, 0.4) is 0 Å². The Kier molecular flexibility index (Phi) is 7.74. The summed E-state index contributed by atoms with van der Waals surface area (Å²) in [5, 5.41) is 3.26. The lowest BCUT2D eigenvalue weighted by Crippen LogP contribution is -2.39. The van der Waals surface area contributed by atoms with Crippen LogP contribution in [0, 0.1) is 5.92 Å². The largest absolute Gasteiger partial charge is 0.491 e. The van der Waals surface area contributed by atoms with Crippen molar-refractivity contribution in [2.75, 3.05) is 26.3 Å². The number of rotatable bonds is 7. The number of ether oxygens (including phenoxy) is 2. The predicted octanol–water partition coefficient (Wildman–Crippen LogP) is 5.32. The van der Waals surface area contributed by atoms with E-state index in [0.717, 1.165) is 50.4 Å². The molecule has 1 amide bonds. The molecule has 3 aliphatic rings. The Morgan fingerprint density at radius 1 is 1.09 bits per heavy atom. The van der Waals surface area contributed by atoms with E-state index in [1.54, 1.807) is 0 Å². The Bertz CT molecular complexity index is 991. The molecular formula is C30H40N2O3. The maximum atomic E-state index is 12.9. The second kappa shape index (κ2) is 11.1. The average molecular weight is 477 g/mol. The fourth-order valence-corrected chi connectivity index (χ4v) is 5.72. The first-order chi connectivity index (χ1) is 17.0. The molecule has 5 nitrogen and oxygen atoms in total. The summed E-state index contributed by atoms with van der Waals surface area (Å²) in [6, 6.07) is 15.1. The number of benzene rings is 2. The van der Waals surface area contributed by atoms with Gasteiger partial charge in [-0.1, -0.05) is 25.1 Å². The quantitative estimate of drug-likeness (QED) is 0.587. The van der Waals surface area contributed by atoms with Crippen molar-refractivity contribution in [3.8, 4) is 5.75 Å². The molecule has 2 aromatic rings. The van der Waals surface area contributed by atoms with Crippen molar-refractivity contribution in [2.45, 2.75) is 77.0 Å². The average Bonchev–Trinajstić information content (AvgIpc) is 3.41. The van der Waals surface area contributed by atoms with Gasteiger partial charge >= 0.3 is 0 Å². The molecule has 0 spiro atoms. The number of hydrogen-bond acceptors (Lipinski definition) is 4. The number of piperidine rings is 1. The SMILES string of the molecule is CC1CCN([C@H](C)c2ccc3c(c2)CC[C@H](NC(=O)c2ccc(OC[C@@H]4CCCO4)cc2)C3)CC1. The van der Waals surface area contributed by atoms with Gasteiger partial charge in [0, 0.05) is 24.3 Å². The third-order valence-corrected chi connectivity index (χ3v) is 8.22. The molecular weight excluding hydrogens is 436 g/mol. The maximum absolute atomic E-state index is 12.9. The van der Waals surface area contributed by atoms with E-state index in [1.165, 1.54) is 42.6 Å². The Hall–Kier alpha value is -2.37. The normalized spacial score (nSPS) is 24.1. The lowest BCUT2D eigenvalue weighted by atomic mass is 9.86. The van der Waals surface area contributed by atoms with Crippen molar-refractivity contribution in [1.82, 2.24) is 10.2 Å². The highest BCUT2D eigenvalue weighted by Crippen LogP contribution is 2.30. The van der Waals surface area contributed by atoms with Crippen molar-refractivity contribution in [3.05, 3.63) is 64.7 Å². The van der Waals surface area contributed by atoms with Crippen LogP contribution in [0.25, 0.3) is 0 Å². The molecule has 0 saturated carbocycles. The molecule has 0 unspecified atom stereocenters. The van der Waals surface area contributed by atoms with Crippen molar-refractivity contribution >= 4 is 5.91 Å². The number of carbonyl (C=O) groups excluding carboxylic acids is 1. The molecule has 0 bridgehead atoms. The van der Waals surface area contributed by atoms with E-state index in [-0.39, 0.29) is 18.1 Å². The van der Waals surface area contributed by atoms with Gasteiger partial charge in [-0.15, -0.1) is 0 Å². The molecule has 0 aromatic heterocycles. The first kappa shape index (κ1) is 24.3. The summed E-state index contributed by atoms with van der Waals surface area (Å²) in [5.74, 6) is 1.64. The highest BCUT2D eigenvalue weighted by atomic mass is 16.5. The van der Waals surface area contributed by atoms with Crippen LogP contribution in [-0.2, 0) is 17.6 Å². The van der Waals surface area contributed by atoms with Crippen LogP contribution in [-0.4, -0.2) is 49.3 Å². The van der Waals surface area contributed by atoms with Crippen LogP contribution < -0.4 is 10.1 Å². The Labute approximate surface area is 210 Å². The van der Waals surface area contributed by atoms with E-state index >= 15 is 0 Å². The first-order valence-corrected chi connectivity index (χ1v) is 13.6. The number of hydrogen-bond donors (Lipinski definition) is 1. The van der Waals surface area contributed by atoms with Crippen LogP contribution >= 0.6 is 0 Å². The number of likely N-dealkylation sites (tertiary alicyclic amines) is 1. The number of nitrogens with zero attached hydrogens (tertiary/aromatic N) is 1. The predicted molar refractivity (Wildman–Crippen MR) is 139 cm³/mol. The number of carbonyl (C=O) groups is 1. The van der Waals surface area contributed by atoms with Gasteiger partial charge in [-0.25, -0.2) is 0 Å². The minimum atomic E-state index is -0.00584. The minimum absolute atomic E-state index is 0.00584. The fraction of sp³-hybridized carbons (Fsp3) is 0.567. The van der Waals surface area contributed by atoms with Crippen molar-refractivity contribution in [3.63, 3.8) is 0 Å². The molecule has 5 rings (SSSR count). The number of nitrogens with one attached hydrogen (secondary N) is 1. The van der Waals surface area contributed by atoms with Gasteiger partial charge in [0.25, 0.3) is 5.91 Å². The monoisotopic (exact) mass is 476 g/mol. The van der Waals surface area contributed by atoms with Crippen LogP contribution in [0.2, 0.25) is 0 Å². The van der Waals surface area contributed by atoms with E-state index in [4.69, 9.17) is 9.47 Å². The topological polar surface area (TPSA) is 50.8 Å². The molecule has 2 fully saturated rings. The summed E-state index contributed by atoms with van der Waals surface area (Å²) in [6.07, 6.45) is 7.89. The molecule has 1 aliphatic carbocycles. The minimum Gasteiger partial charge on any atom is -0.491 e. The van der Waals surface area contributed by atoms with Gasteiger partial charge < -0.3 is 14.8 Å². The smallest absolute Gasteiger partial charge is 0.251 e. The molecule has 188 valence electrons. The summed E-state index contributed by atoms with van der Waals surface area (Å²) >= 11 is 0. The molecule has 2 saturated heterocycles. The van der Waals surface area contributed by atoms with Gasteiger partial charge in [0.05, 0.1) is 6.10 Å². The molecule has 3 atom stereocenters. The Morgan fingerprint density at radius 2 is 1.89 bits per heavy atom. The second-order valence-electron chi connectivity index (χ2n) is 10.8. The maximum Gasteiger partial charge on any atom is 0.251 e. The Balaban J connectivity index is 1.13. The van der Waals surface area contributed by atoms with Crippen molar-refractivity contribution < 1.29 is 14.3 Å². The third kappa shape index (κ3) is 6.07. The lowest BCUT2D eigenvalue weighted by molar-refractivity contribution is 0.0679. The number of amides is 1. The zero-order valence-corrected chi connectivity index (χ0v) is 21.3. The molecule has 2 aromatic carbocycles. The standard InChI is InChI=1S/C30H40N2O3/c1-21-13-15-32(16-14-21)22(2)24-5-6-26-19-27(10-7-25(26)18-24)31-30(33)23-8-11-28(12-9-23)35-20-29-4-3-17-34-29/h5-6,8-9,11-12,18,21-22,27,29H,3-4,7,10,13-17,19-20H2,1-2H3,(H,31,33)/t22-,27+,29+/m1/s1. The van der Waals surface area contributed by atoms with E-state index in [1.807, 2.05) is 24.3 Å². The summed E-state index contributed by atoms with van der Waals surface area (Å²) in [7, 11) is 0. The molecule has 35 heavy (non-hydrogen) atoms. The summed E-state index contributed by atoms with van der Waals surface area (Å²) in [4.78, 5) is 15.5. The highest BCUT2D eigenvalue weighted by molar-refractivity contribution is 5.94. The Morgan fingerprint density at radius 3 is 2.63 bits per heavy atom. The molecule has 2 aliphatic heterocycles. The van der Waals surface area contributed by atoms with Gasteiger partial charge in [-0.2, -0.15) is 0 Å². The fourth-order valence-electron chi connectivity index (χ4n) is 5.72. The van der Waals surface area contributed by atoms with Crippen molar-refractivity contribution in [2.24, 2.45) is 5.92 Å². The zero-order chi connectivity index (χ0) is 24.2. The van der Waals surface area contributed by atoms with Crippen LogP contribution in [0.15, 0.2) is 42.5 Å². The van der Waals surface area contributed by atoms with E-state index in [0.29, 0.717) is 18.2 Å². The summed E-state index contributed by atoms with van der Waals surface area (Å²) in [6.45, 7) is 8.53. The van der Waals surface area contributed by atoms with Crippen LogP contribution in [0.4, 0.5) is 0 Å². The van der Waals surface area contributed by atoms with Gasteiger partial charge in [-0.05, 0) is 112 Å². The van der Waals surface area contributed by atoms with E-state index in [9.17, 15) is 4.79 Å². The van der Waals surface area contributed by atoms with E-state index in [2.05, 4.69) is 42.3 Å². The highest BCUT2D eigenvalue weighted by Gasteiger charge is 2.25. The third-order valence-electron chi connectivity index (χ3n) is 8.22. The van der Waals surface area contributed by atoms with Gasteiger partial charge in [0.1, 0.15) is 12.4 Å². The second-order valence-corrected chi connectivity index (χ2v) is 10.8. The summed E-state index contributed by atoms with van der Waals surface area (Å²) in [5.41, 5.74) is 4.95.